The summed E-state index contributed by atoms with van der Waals surface area (Å²) in [5.41, 5.74) is 6.63. The monoisotopic (exact) mass is 426 g/mol. The van der Waals surface area contributed by atoms with Crippen LogP contribution in [-0.4, -0.2) is 10.9 Å². The quantitative estimate of drug-likeness (QED) is 0.348. The molecular weight excluding hydrogens is 400 g/mol. The number of carbonyl (C=O) groups excluding carboxylic acids is 1. The molecule has 4 heteroatoms. The van der Waals surface area contributed by atoms with Crippen LogP contribution in [0.5, 0.6) is 0 Å². The second-order valence-corrected chi connectivity index (χ2v) is 8.78. The molecule has 0 aliphatic heterocycles. The van der Waals surface area contributed by atoms with E-state index in [1.807, 2.05) is 37.3 Å². The van der Waals surface area contributed by atoms with Crippen LogP contribution in [0, 0.1) is 6.92 Å². The van der Waals surface area contributed by atoms with E-state index in [0.717, 1.165) is 29.7 Å². The number of rotatable bonds is 7. The van der Waals surface area contributed by atoms with Crippen molar-refractivity contribution in [3.63, 3.8) is 0 Å². The van der Waals surface area contributed by atoms with Crippen LogP contribution in [0.3, 0.4) is 0 Å². The highest BCUT2D eigenvalue weighted by Gasteiger charge is 2.15. The molecule has 0 fully saturated rings. The summed E-state index contributed by atoms with van der Waals surface area (Å²) in [7, 11) is 0. The average Bonchev–Trinajstić information content (AvgIpc) is 3.18. The Balaban J connectivity index is 1.53. The fourth-order valence-corrected chi connectivity index (χ4v) is 4.63. The second-order valence-electron chi connectivity index (χ2n) is 7.69. The molecule has 1 heterocycles. The normalized spacial score (nSPS) is 10.8. The summed E-state index contributed by atoms with van der Waals surface area (Å²) in [5, 5.41) is 3.67. The third-order valence-corrected chi connectivity index (χ3v) is 6.20. The van der Waals surface area contributed by atoms with Gasteiger partial charge in [-0.2, -0.15) is 0 Å². The van der Waals surface area contributed by atoms with Gasteiger partial charge in [-0.3, -0.25) is 4.79 Å². The molecular formula is C27H26N2OS. The summed E-state index contributed by atoms with van der Waals surface area (Å²) in [4.78, 5) is 18.5. The van der Waals surface area contributed by atoms with E-state index >= 15 is 0 Å². The van der Waals surface area contributed by atoms with Crippen LogP contribution in [0.25, 0.3) is 22.4 Å². The molecule has 4 aromatic rings. The number of aromatic nitrogens is 1. The smallest absolute Gasteiger partial charge is 0.230 e. The van der Waals surface area contributed by atoms with E-state index in [9.17, 15) is 4.79 Å². The first-order valence-corrected chi connectivity index (χ1v) is 11.4. The van der Waals surface area contributed by atoms with E-state index in [1.54, 1.807) is 11.3 Å². The van der Waals surface area contributed by atoms with Gasteiger partial charge in [0.2, 0.25) is 5.91 Å². The van der Waals surface area contributed by atoms with Gasteiger partial charge in [0, 0.05) is 10.4 Å². The lowest BCUT2D eigenvalue weighted by atomic mass is 10.0. The summed E-state index contributed by atoms with van der Waals surface area (Å²) in [6, 6.07) is 26.9. The van der Waals surface area contributed by atoms with Gasteiger partial charge in [-0.25, -0.2) is 4.98 Å². The van der Waals surface area contributed by atoms with Crippen LogP contribution in [-0.2, 0) is 17.6 Å². The number of benzene rings is 3. The topological polar surface area (TPSA) is 42.0 Å². The standard InChI is InChI=1S/C27H26N2OS/c1-3-7-24-26(23-16-14-22(15-17-23)21-8-5-4-6-9-21)29-27(31-24)28-25(30)18-20-12-10-19(2)11-13-20/h4-6,8-17H,3,7,18H2,1-2H3,(H,28,29,30). The van der Waals surface area contributed by atoms with Crippen LogP contribution in [0.2, 0.25) is 0 Å². The van der Waals surface area contributed by atoms with Crippen LogP contribution in [0.4, 0.5) is 5.13 Å². The molecule has 1 aromatic heterocycles. The molecule has 0 unspecified atom stereocenters. The van der Waals surface area contributed by atoms with Crippen molar-refractivity contribution in [1.29, 1.82) is 0 Å². The van der Waals surface area contributed by atoms with E-state index in [0.29, 0.717) is 11.6 Å². The Bertz CT molecular complexity index is 1150. The van der Waals surface area contributed by atoms with Gasteiger partial charge in [-0.15, -0.1) is 11.3 Å². The third kappa shape index (κ3) is 5.28. The predicted molar refractivity (Wildman–Crippen MR) is 130 cm³/mol. The van der Waals surface area contributed by atoms with Crippen LogP contribution >= 0.6 is 11.3 Å². The Hall–Kier alpha value is -3.24. The van der Waals surface area contributed by atoms with E-state index in [-0.39, 0.29) is 5.91 Å². The molecule has 31 heavy (non-hydrogen) atoms. The van der Waals surface area contributed by atoms with Crippen molar-refractivity contribution in [3.8, 4) is 22.4 Å². The van der Waals surface area contributed by atoms with Crippen molar-refractivity contribution in [3.05, 3.63) is 94.9 Å². The Morgan fingerprint density at radius 1 is 0.871 bits per heavy atom. The van der Waals surface area contributed by atoms with E-state index in [1.165, 1.54) is 21.6 Å². The van der Waals surface area contributed by atoms with E-state index in [2.05, 4.69) is 60.8 Å². The highest BCUT2D eigenvalue weighted by molar-refractivity contribution is 7.16. The lowest BCUT2D eigenvalue weighted by Gasteiger charge is -2.05. The van der Waals surface area contributed by atoms with Crippen LogP contribution in [0.15, 0.2) is 78.9 Å². The minimum atomic E-state index is -0.0355. The summed E-state index contributed by atoms with van der Waals surface area (Å²) >= 11 is 1.58. The van der Waals surface area contributed by atoms with Crippen molar-refractivity contribution in [2.45, 2.75) is 33.1 Å². The van der Waals surface area contributed by atoms with Crippen LogP contribution in [0.1, 0.15) is 29.3 Å². The lowest BCUT2D eigenvalue weighted by molar-refractivity contribution is -0.115. The molecule has 0 spiro atoms. The maximum Gasteiger partial charge on any atom is 0.230 e. The van der Waals surface area contributed by atoms with E-state index in [4.69, 9.17) is 4.98 Å². The minimum absolute atomic E-state index is 0.0355. The van der Waals surface area contributed by atoms with Crippen LogP contribution < -0.4 is 5.32 Å². The van der Waals surface area contributed by atoms with Crippen molar-refractivity contribution < 1.29 is 4.79 Å². The summed E-state index contributed by atoms with van der Waals surface area (Å²) in [6.45, 7) is 4.21. The molecule has 3 nitrogen and oxygen atoms in total. The maximum atomic E-state index is 12.5. The van der Waals surface area contributed by atoms with Gasteiger partial charge in [0.05, 0.1) is 12.1 Å². The second kappa shape index (κ2) is 9.71. The SMILES string of the molecule is CCCc1sc(NC(=O)Cc2ccc(C)cc2)nc1-c1ccc(-c2ccccc2)cc1. The van der Waals surface area contributed by atoms with Crippen molar-refractivity contribution in [2.75, 3.05) is 5.32 Å². The Kier molecular flexibility index (Phi) is 6.58. The fourth-order valence-electron chi connectivity index (χ4n) is 3.53. The lowest BCUT2D eigenvalue weighted by Crippen LogP contribution is -2.14. The molecule has 156 valence electrons. The number of anilines is 1. The summed E-state index contributed by atoms with van der Waals surface area (Å²) in [5.74, 6) is -0.0355. The molecule has 3 aromatic carbocycles. The number of nitrogens with zero attached hydrogens (tertiary/aromatic N) is 1. The Morgan fingerprint density at radius 3 is 2.19 bits per heavy atom. The fraction of sp³-hybridized carbons (Fsp3) is 0.185. The van der Waals surface area contributed by atoms with Crippen molar-refractivity contribution >= 4 is 22.4 Å². The van der Waals surface area contributed by atoms with Gasteiger partial charge in [0.25, 0.3) is 0 Å². The molecule has 4 rings (SSSR count). The Morgan fingerprint density at radius 2 is 1.52 bits per heavy atom. The molecule has 1 amide bonds. The van der Waals surface area contributed by atoms with E-state index < -0.39 is 0 Å². The zero-order valence-corrected chi connectivity index (χ0v) is 18.7. The molecule has 0 aliphatic carbocycles. The van der Waals surface area contributed by atoms with Gasteiger partial charge < -0.3 is 5.32 Å². The molecule has 0 saturated carbocycles. The summed E-state index contributed by atoms with van der Waals surface area (Å²) < 4.78 is 0. The number of hydrogen-bond acceptors (Lipinski definition) is 3. The zero-order valence-electron chi connectivity index (χ0n) is 17.9. The first kappa shape index (κ1) is 21.0. The van der Waals surface area contributed by atoms with Gasteiger partial charge in [-0.05, 0) is 30.0 Å². The highest BCUT2D eigenvalue weighted by atomic mass is 32.1. The maximum absolute atomic E-state index is 12.5. The van der Waals surface area contributed by atoms with Crippen molar-refractivity contribution in [1.82, 2.24) is 4.98 Å². The molecule has 0 atom stereocenters. The third-order valence-electron chi connectivity index (χ3n) is 5.17. The number of carbonyl (C=O) groups is 1. The number of thiazole rings is 1. The first-order valence-electron chi connectivity index (χ1n) is 10.6. The number of hydrogen-bond donors (Lipinski definition) is 1. The van der Waals surface area contributed by atoms with Gasteiger partial charge in [0.15, 0.2) is 5.13 Å². The number of nitrogens with one attached hydrogen (secondary N) is 1. The minimum Gasteiger partial charge on any atom is -0.302 e. The number of aryl methyl sites for hydroxylation is 2. The largest absolute Gasteiger partial charge is 0.302 e. The predicted octanol–water partition coefficient (Wildman–Crippen LogP) is 6.92. The molecule has 0 bridgehead atoms. The average molecular weight is 427 g/mol. The molecule has 1 N–H and O–H groups in total. The van der Waals surface area contributed by atoms with Crippen molar-refractivity contribution in [2.24, 2.45) is 0 Å². The molecule has 0 aliphatic rings. The van der Waals surface area contributed by atoms with Gasteiger partial charge in [-0.1, -0.05) is 97.8 Å². The highest BCUT2D eigenvalue weighted by Crippen LogP contribution is 2.33. The first-order chi connectivity index (χ1) is 15.1. The summed E-state index contributed by atoms with van der Waals surface area (Å²) in [6.07, 6.45) is 2.33. The number of amides is 1. The molecule has 0 radical (unpaired) electrons. The van der Waals surface area contributed by atoms with Gasteiger partial charge in [0.1, 0.15) is 0 Å². The van der Waals surface area contributed by atoms with Gasteiger partial charge >= 0.3 is 0 Å². The zero-order chi connectivity index (χ0) is 21.6. The molecule has 0 saturated heterocycles. The Labute approximate surface area is 187 Å².